The minimum Gasteiger partial charge on any atom is -0.497 e. The number of hydrogen-bond acceptors (Lipinski definition) is 4. The van der Waals surface area contributed by atoms with Gasteiger partial charge in [-0.15, -0.1) is 0 Å². The normalized spacial score (nSPS) is 23.4. The van der Waals surface area contributed by atoms with Crippen molar-refractivity contribution in [2.75, 3.05) is 14.2 Å². The zero-order chi connectivity index (χ0) is 13.0. The van der Waals surface area contributed by atoms with Gasteiger partial charge in [-0.1, -0.05) is 12.1 Å². The maximum Gasteiger partial charge on any atom is 0.322 e. The number of hydrogen-bond donors (Lipinski definition) is 1. The molecule has 2 rings (SSSR count). The summed E-state index contributed by atoms with van der Waals surface area (Å²) >= 11 is 0. The number of piperidine rings is 1. The van der Waals surface area contributed by atoms with Crippen molar-refractivity contribution in [2.24, 2.45) is 0 Å². The first-order valence-electron chi connectivity index (χ1n) is 6.22. The summed E-state index contributed by atoms with van der Waals surface area (Å²) < 4.78 is 9.93. The summed E-state index contributed by atoms with van der Waals surface area (Å²) in [5.41, 5.74) is 1.18. The van der Waals surface area contributed by atoms with Gasteiger partial charge in [0.1, 0.15) is 11.8 Å². The maximum atomic E-state index is 11.5. The highest BCUT2D eigenvalue weighted by Crippen LogP contribution is 2.27. The van der Waals surface area contributed by atoms with Gasteiger partial charge in [-0.25, -0.2) is 0 Å². The predicted molar refractivity (Wildman–Crippen MR) is 68.5 cm³/mol. The summed E-state index contributed by atoms with van der Waals surface area (Å²) in [5, 5.41) is 3.34. The number of rotatable bonds is 3. The lowest BCUT2D eigenvalue weighted by Crippen LogP contribution is -2.43. The smallest absolute Gasteiger partial charge is 0.322 e. The molecule has 0 aliphatic carbocycles. The molecule has 1 aliphatic heterocycles. The summed E-state index contributed by atoms with van der Waals surface area (Å²) in [4.78, 5) is 11.5. The second kappa shape index (κ2) is 5.87. The average molecular weight is 249 g/mol. The van der Waals surface area contributed by atoms with Crippen LogP contribution in [0.5, 0.6) is 5.75 Å². The summed E-state index contributed by atoms with van der Waals surface area (Å²) in [6, 6.07) is 7.99. The molecule has 4 heteroatoms. The van der Waals surface area contributed by atoms with E-state index in [4.69, 9.17) is 9.47 Å². The van der Waals surface area contributed by atoms with Crippen molar-refractivity contribution in [1.29, 1.82) is 0 Å². The van der Waals surface area contributed by atoms with Crippen molar-refractivity contribution in [2.45, 2.75) is 31.3 Å². The van der Waals surface area contributed by atoms with E-state index < -0.39 is 0 Å². The van der Waals surface area contributed by atoms with Crippen molar-refractivity contribution >= 4 is 5.97 Å². The highest BCUT2D eigenvalue weighted by atomic mass is 16.5. The number of benzene rings is 1. The molecule has 0 radical (unpaired) electrons. The van der Waals surface area contributed by atoms with Gasteiger partial charge in [-0.3, -0.25) is 10.1 Å². The van der Waals surface area contributed by atoms with Crippen LogP contribution in [-0.2, 0) is 9.53 Å². The first kappa shape index (κ1) is 12.9. The average Bonchev–Trinajstić information content (AvgIpc) is 2.46. The van der Waals surface area contributed by atoms with Crippen molar-refractivity contribution in [3.8, 4) is 5.75 Å². The number of carbonyl (C=O) groups is 1. The predicted octanol–water partition coefficient (Wildman–Crippen LogP) is 2.05. The molecule has 1 fully saturated rings. The Bertz CT molecular complexity index is 402. The van der Waals surface area contributed by atoms with Gasteiger partial charge in [0, 0.05) is 6.04 Å². The Morgan fingerprint density at radius 1 is 1.22 bits per heavy atom. The topological polar surface area (TPSA) is 47.6 Å². The van der Waals surface area contributed by atoms with Crippen LogP contribution in [0.2, 0.25) is 0 Å². The van der Waals surface area contributed by atoms with Crippen molar-refractivity contribution < 1.29 is 14.3 Å². The van der Waals surface area contributed by atoms with Crippen LogP contribution in [0.15, 0.2) is 24.3 Å². The summed E-state index contributed by atoms with van der Waals surface area (Å²) in [6.45, 7) is 0. The summed E-state index contributed by atoms with van der Waals surface area (Å²) in [7, 11) is 3.09. The Morgan fingerprint density at radius 2 is 1.94 bits per heavy atom. The molecule has 18 heavy (non-hydrogen) atoms. The van der Waals surface area contributed by atoms with Crippen molar-refractivity contribution in [3.63, 3.8) is 0 Å². The highest BCUT2D eigenvalue weighted by Gasteiger charge is 2.27. The minimum absolute atomic E-state index is 0.173. The van der Waals surface area contributed by atoms with Gasteiger partial charge in [0.2, 0.25) is 0 Å². The Labute approximate surface area is 107 Å². The molecular weight excluding hydrogens is 230 g/mol. The van der Waals surface area contributed by atoms with E-state index >= 15 is 0 Å². The first-order chi connectivity index (χ1) is 8.74. The largest absolute Gasteiger partial charge is 0.497 e. The molecule has 1 saturated heterocycles. The Kier molecular flexibility index (Phi) is 4.20. The molecule has 0 bridgehead atoms. The molecule has 1 heterocycles. The molecular formula is C14H19NO3. The van der Waals surface area contributed by atoms with Crippen LogP contribution in [0.4, 0.5) is 0 Å². The van der Waals surface area contributed by atoms with E-state index in [9.17, 15) is 4.79 Å². The molecule has 2 atom stereocenters. The lowest BCUT2D eigenvalue weighted by Gasteiger charge is -2.29. The van der Waals surface area contributed by atoms with Gasteiger partial charge in [0.25, 0.3) is 0 Å². The number of ether oxygens (including phenoxy) is 2. The van der Waals surface area contributed by atoms with Crippen molar-refractivity contribution in [3.05, 3.63) is 29.8 Å². The SMILES string of the molecule is COC(=O)[C@H]1CCC[C@@H](c2ccc(OC)cc2)N1. The number of esters is 1. The minimum atomic E-state index is -0.184. The van der Waals surface area contributed by atoms with Gasteiger partial charge in [0.15, 0.2) is 0 Å². The van der Waals surface area contributed by atoms with Gasteiger partial charge >= 0.3 is 5.97 Å². The monoisotopic (exact) mass is 249 g/mol. The third kappa shape index (κ3) is 2.82. The van der Waals surface area contributed by atoms with Crippen LogP contribution in [0.25, 0.3) is 0 Å². The van der Waals surface area contributed by atoms with Crippen LogP contribution >= 0.6 is 0 Å². The molecule has 0 aromatic heterocycles. The highest BCUT2D eigenvalue weighted by molar-refractivity contribution is 5.75. The lowest BCUT2D eigenvalue weighted by molar-refractivity contribution is -0.144. The second-order valence-electron chi connectivity index (χ2n) is 4.50. The molecule has 98 valence electrons. The zero-order valence-electron chi connectivity index (χ0n) is 10.8. The Hall–Kier alpha value is -1.55. The second-order valence-corrected chi connectivity index (χ2v) is 4.50. The third-order valence-electron chi connectivity index (χ3n) is 3.39. The Balaban J connectivity index is 2.05. The third-order valence-corrected chi connectivity index (χ3v) is 3.39. The molecule has 4 nitrogen and oxygen atoms in total. The van der Waals surface area contributed by atoms with Crippen LogP contribution in [-0.4, -0.2) is 26.2 Å². The van der Waals surface area contributed by atoms with Gasteiger partial charge in [-0.05, 0) is 37.0 Å². The number of methoxy groups -OCH3 is 2. The van der Waals surface area contributed by atoms with E-state index in [-0.39, 0.29) is 18.1 Å². The molecule has 1 aliphatic rings. The van der Waals surface area contributed by atoms with E-state index in [2.05, 4.69) is 5.32 Å². The van der Waals surface area contributed by atoms with E-state index in [1.54, 1.807) is 7.11 Å². The van der Waals surface area contributed by atoms with E-state index in [0.29, 0.717) is 0 Å². The fourth-order valence-electron chi connectivity index (χ4n) is 2.36. The lowest BCUT2D eigenvalue weighted by atomic mass is 9.93. The van der Waals surface area contributed by atoms with Crippen LogP contribution in [0.1, 0.15) is 30.9 Å². The molecule has 1 aromatic rings. The number of nitrogens with one attached hydrogen (secondary N) is 1. The number of carbonyl (C=O) groups excluding carboxylic acids is 1. The molecule has 0 amide bonds. The van der Waals surface area contributed by atoms with E-state index in [0.717, 1.165) is 25.0 Å². The zero-order valence-corrected chi connectivity index (χ0v) is 10.8. The summed E-state index contributed by atoms with van der Waals surface area (Å²) in [5.74, 6) is 0.673. The molecule has 1 N–H and O–H groups in total. The van der Waals surface area contributed by atoms with E-state index in [1.165, 1.54) is 12.7 Å². The van der Waals surface area contributed by atoms with Gasteiger partial charge in [-0.2, -0.15) is 0 Å². The maximum absolute atomic E-state index is 11.5. The molecule has 0 unspecified atom stereocenters. The molecule has 0 saturated carbocycles. The van der Waals surface area contributed by atoms with Crippen LogP contribution < -0.4 is 10.1 Å². The van der Waals surface area contributed by atoms with Gasteiger partial charge < -0.3 is 9.47 Å². The Morgan fingerprint density at radius 3 is 2.56 bits per heavy atom. The van der Waals surface area contributed by atoms with Crippen LogP contribution in [0, 0.1) is 0 Å². The van der Waals surface area contributed by atoms with Gasteiger partial charge in [0.05, 0.1) is 14.2 Å². The van der Waals surface area contributed by atoms with Crippen LogP contribution in [0.3, 0.4) is 0 Å². The standard InChI is InChI=1S/C14H19NO3/c1-17-11-8-6-10(7-9-11)12-4-3-5-13(15-12)14(16)18-2/h6-9,12-13,15H,3-5H2,1-2H3/t12-,13+/m0/s1. The van der Waals surface area contributed by atoms with Crippen molar-refractivity contribution in [1.82, 2.24) is 5.32 Å². The molecule has 1 aromatic carbocycles. The molecule has 0 spiro atoms. The first-order valence-corrected chi connectivity index (χ1v) is 6.22. The van der Waals surface area contributed by atoms with E-state index in [1.807, 2.05) is 24.3 Å². The fourth-order valence-corrected chi connectivity index (χ4v) is 2.36. The quantitative estimate of drug-likeness (QED) is 0.833. The fraction of sp³-hybridized carbons (Fsp3) is 0.500. The summed E-state index contributed by atoms with van der Waals surface area (Å²) in [6.07, 6.45) is 2.92.